The molecule has 44 valence electrons. The lowest BCUT2D eigenvalue weighted by Gasteiger charge is -1.97. The molecule has 0 N–H and O–H groups in total. The molecule has 8 heavy (non-hydrogen) atoms. The number of hydrogen-bond acceptors (Lipinski definition) is 1. The van der Waals surface area contributed by atoms with Gasteiger partial charge in [-0.1, -0.05) is 6.92 Å². The molecule has 0 heterocycles. The lowest BCUT2D eigenvalue weighted by atomic mass is 10.1. The van der Waals surface area contributed by atoms with E-state index >= 15 is 0 Å². The molecule has 1 nitrogen and oxygen atoms in total. The van der Waals surface area contributed by atoms with E-state index in [1.165, 1.54) is 0 Å². The summed E-state index contributed by atoms with van der Waals surface area (Å²) in [6, 6.07) is 0. The van der Waals surface area contributed by atoms with Gasteiger partial charge in [0.05, 0.1) is 0 Å². The Labute approximate surface area is 50.1 Å². The molecule has 0 aliphatic heterocycles. The highest BCUT2D eigenvalue weighted by Gasteiger charge is 2.03. The minimum Gasteiger partial charge on any atom is -0.300 e. The van der Waals surface area contributed by atoms with Gasteiger partial charge in [0.2, 0.25) is 0 Å². The van der Waals surface area contributed by atoms with Crippen molar-refractivity contribution in [2.45, 2.75) is 20.3 Å². The van der Waals surface area contributed by atoms with Crippen LogP contribution in [0.4, 0.5) is 0 Å². The van der Waals surface area contributed by atoms with E-state index in [1.807, 2.05) is 6.92 Å². The van der Waals surface area contributed by atoms with E-state index in [-0.39, 0.29) is 11.7 Å². The summed E-state index contributed by atoms with van der Waals surface area (Å²) in [6.07, 6.45) is 5.53. The van der Waals surface area contributed by atoms with E-state index in [0.29, 0.717) is 6.42 Å². The van der Waals surface area contributed by atoms with Gasteiger partial charge < -0.3 is 0 Å². The summed E-state index contributed by atoms with van der Waals surface area (Å²) in [4.78, 5) is 10.4. The molecule has 0 saturated carbocycles. The molecular weight excluding hydrogens is 100 g/mol. The summed E-state index contributed by atoms with van der Waals surface area (Å²) in [5.74, 6) is 2.64. The highest BCUT2D eigenvalue weighted by molar-refractivity contribution is 5.78. The molecule has 0 aromatic heterocycles. The van der Waals surface area contributed by atoms with Crippen LogP contribution in [0.5, 0.6) is 0 Å². The van der Waals surface area contributed by atoms with E-state index in [4.69, 9.17) is 6.42 Å². The average Bonchev–Trinajstić information content (AvgIpc) is 1.67. The van der Waals surface area contributed by atoms with Crippen molar-refractivity contribution in [1.82, 2.24) is 0 Å². The number of carbonyl (C=O) groups excluding carboxylic acids is 1. The van der Waals surface area contributed by atoms with Gasteiger partial charge in [0, 0.05) is 12.3 Å². The Morgan fingerprint density at radius 1 is 1.88 bits per heavy atom. The third-order valence-corrected chi connectivity index (χ3v) is 1.12. The van der Waals surface area contributed by atoms with Gasteiger partial charge >= 0.3 is 0 Å². The third kappa shape index (κ3) is 2.41. The zero-order chi connectivity index (χ0) is 6.57. The minimum atomic E-state index is 0.0417. The number of hydrogen-bond donors (Lipinski definition) is 0. The Balaban J connectivity index is 3.52. The van der Waals surface area contributed by atoms with E-state index in [9.17, 15) is 4.79 Å². The molecule has 1 heteroatoms. The predicted octanol–water partition coefficient (Wildman–Crippen LogP) is 1.23. The van der Waals surface area contributed by atoms with Crippen molar-refractivity contribution in [1.29, 1.82) is 0 Å². The van der Waals surface area contributed by atoms with Crippen molar-refractivity contribution in [2.24, 2.45) is 5.92 Å². The molecule has 0 aliphatic carbocycles. The van der Waals surface area contributed by atoms with Crippen LogP contribution in [0.15, 0.2) is 0 Å². The molecular formula is C7H10O. The Morgan fingerprint density at radius 2 is 2.38 bits per heavy atom. The van der Waals surface area contributed by atoms with Gasteiger partial charge in [-0.15, -0.1) is 12.3 Å². The fraction of sp³-hybridized carbons (Fsp3) is 0.571. The molecule has 0 fully saturated rings. The first-order chi connectivity index (χ1) is 3.68. The molecule has 0 rings (SSSR count). The topological polar surface area (TPSA) is 17.1 Å². The van der Waals surface area contributed by atoms with Crippen LogP contribution < -0.4 is 0 Å². The largest absolute Gasteiger partial charge is 0.300 e. The zero-order valence-electron chi connectivity index (χ0n) is 5.27. The SMILES string of the molecule is C#CC[C@H](C)C(C)=O. The Morgan fingerprint density at radius 3 is 2.50 bits per heavy atom. The average molecular weight is 110 g/mol. The summed E-state index contributed by atoms with van der Waals surface area (Å²) >= 11 is 0. The maximum atomic E-state index is 10.4. The number of carbonyl (C=O) groups is 1. The van der Waals surface area contributed by atoms with Crippen LogP contribution in [0.3, 0.4) is 0 Å². The minimum absolute atomic E-state index is 0.0417. The Kier molecular flexibility index (Phi) is 2.95. The maximum Gasteiger partial charge on any atom is 0.133 e. The van der Waals surface area contributed by atoms with Crippen LogP contribution in [0, 0.1) is 18.3 Å². The predicted molar refractivity (Wildman–Crippen MR) is 33.3 cm³/mol. The Hall–Kier alpha value is -0.770. The molecule has 0 aliphatic rings. The third-order valence-electron chi connectivity index (χ3n) is 1.12. The van der Waals surface area contributed by atoms with Crippen LogP contribution >= 0.6 is 0 Å². The van der Waals surface area contributed by atoms with Gasteiger partial charge in [-0.05, 0) is 6.92 Å². The molecule has 0 aromatic carbocycles. The van der Waals surface area contributed by atoms with E-state index in [0.717, 1.165) is 0 Å². The van der Waals surface area contributed by atoms with Crippen molar-refractivity contribution in [3.8, 4) is 12.3 Å². The maximum absolute atomic E-state index is 10.4. The molecule has 0 aromatic rings. The van der Waals surface area contributed by atoms with Crippen molar-refractivity contribution in [3.05, 3.63) is 0 Å². The molecule has 0 unspecified atom stereocenters. The fourth-order valence-corrected chi connectivity index (χ4v) is 0.321. The van der Waals surface area contributed by atoms with Crippen LogP contribution in [0.1, 0.15) is 20.3 Å². The van der Waals surface area contributed by atoms with Crippen molar-refractivity contribution >= 4 is 5.78 Å². The van der Waals surface area contributed by atoms with Crippen molar-refractivity contribution in [3.63, 3.8) is 0 Å². The van der Waals surface area contributed by atoms with E-state index in [2.05, 4.69) is 5.92 Å². The van der Waals surface area contributed by atoms with E-state index in [1.54, 1.807) is 6.92 Å². The van der Waals surface area contributed by atoms with Gasteiger partial charge in [0.25, 0.3) is 0 Å². The van der Waals surface area contributed by atoms with Gasteiger partial charge in [-0.2, -0.15) is 0 Å². The van der Waals surface area contributed by atoms with Crippen LogP contribution in [0.2, 0.25) is 0 Å². The quantitative estimate of drug-likeness (QED) is 0.489. The van der Waals surface area contributed by atoms with Crippen LogP contribution in [-0.2, 0) is 4.79 Å². The van der Waals surface area contributed by atoms with Gasteiger partial charge in [0.1, 0.15) is 5.78 Å². The first kappa shape index (κ1) is 7.23. The standard InChI is InChI=1S/C7H10O/c1-4-5-6(2)7(3)8/h1,6H,5H2,2-3H3/t6-/m0/s1. The lowest BCUT2D eigenvalue weighted by molar-refractivity contribution is -0.120. The Bertz CT molecular complexity index is 119. The smallest absolute Gasteiger partial charge is 0.133 e. The highest BCUT2D eigenvalue weighted by atomic mass is 16.1. The zero-order valence-corrected chi connectivity index (χ0v) is 5.27. The summed E-state index contributed by atoms with van der Waals surface area (Å²) in [6.45, 7) is 3.39. The monoisotopic (exact) mass is 110 g/mol. The first-order valence-electron chi connectivity index (χ1n) is 2.62. The van der Waals surface area contributed by atoms with Crippen molar-refractivity contribution in [2.75, 3.05) is 0 Å². The highest BCUT2D eigenvalue weighted by Crippen LogP contribution is 1.99. The molecule has 0 bridgehead atoms. The van der Waals surface area contributed by atoms with Crippen LogP contribution in [-0.4, -0.2) is 5.78 Å². The van der Waals surface area contributed by atoms with Crippen LogP contribution in [0.25, 0.3) is 0 Å². The summed E-state index contributed by atoms with van der Waals surface area (Å²) < 4.78 is 0. The van der Waals surface area contributed by atoms with Crippen molar-refractivity contribution < 1.29 is 4.79 Å². The second kappa shape index (κ2) is 3.26. The first-order valence-corrected chi connectivity index (χ1v) is 2.62. The number of rotatable bonds is 2. The van der Waals surface area contributed by atoms with Gasteiger partial charge in [-0.3, -0.25) is 4.79 Å². The molecule has 0 saturated heterocycles. The molecule has 0 spiro atoms. The fourth-order valence-electron chi connectivity index (χ4n) is 0.321. The van der Waals surface area contributed by atoms with E-state index < -0.39 is 0 Å². The summed E-state index contributed by atoms with van der Waals surface area (Å²) in [5.41, 5.74) is 0. The molecule has 0 amide bonds. The summed E-state index contributed by atoms with van der Waals surface area (Å²) in [7, 11) is 0. The number of Topliss-reactive ketones (excluding diaryl/α,β-unsaturated/α-hetero) is 1. The van der Waals surface area contributed by atoms with Gasteiger partial charge in [0.15, 0.2) is 0 Å². The van der Waals surface area contributed by atoms with Gasteiger partial charge in [-0.25, -0.2) is 0 Å². The number of terminal acetylenes is 1. The lowest BCUT2D eigenvalue weighted by Crippen LogP contribution is -2.03. The molecule has 0 radical (unpaired) electrons. The molecule has 1 atom stereocenters. The second-order valence-corrected chi connectivity index (χ2v) is 1.92. The number of ketones is 1. The second-order valence-electron chi connectivity index (χ2n) is 1.92. The normalized spacial score (nSPS) is 12.1. The summed E-state index contributed by atoms with van der Waals surface area (Å²) in [5, 5.41) is 0.